The third-order valence-electron chi connectivity index (χ3n) is 3.19. The molecule has 0 radical (unpaired) electrons. The molecule has 0 aromatic rings. The molecule has 0 heterocycles. The largest absolute Gasteiger partial charge is 0.356 e. The van der Waals surface area contributed by atoms with Gasteiger partial charge in [-0.3, -0.25) is 4.79 Å². The van der Waals surface area contributed by atoms with E-state index in [1.54, 1.807) is 0 Å². The SMILES string of the molecule is [N-]=[N+]=NCCNC(=O)C1CC2C=CC1C2. The highest BCUT2D eigenvalue weighted by Gasteiger charge is 2.39. The molecule has 1 N–H and O–H groups in total. The first-order valence-corrected chi connectivity index (χ1v) is 5.28. The van der Waals surface area contributed by atoms with Gasteiger partial charge < -0.3 is 5.32 Å². The molecule has 5 nitrogen and oxygen atoms in total. The summed E-state index contributed by atoms with van der Waals surface area (Å²) in [5.74, 6) is 1.31. The van der Waals surface area contributed by atoms with E-state index in [-0.39, 0.29) is 11.8 Å². The van der Waals surface area contributed by atoms with Crippen LogP contribution in [-0.4, -0.2) is 19.0 Å². The topological polar surface area (TPSA) is 77.9 Å². The van der Waals surface area contributed by atoms with Crippen LogP contribution in [0.4, 0.5) is 0 Å². The van der Waals surface area contributed by atoms with Crippen molar-refractivity contribution in [3.05, 3.63) is 22.6 Å². The highest BCUT2D eigenvalue weighted by molar-refractivity contribution is 5.79. The van der Waals surface area contributed by atoms with Crippen LogP contribution in [-0.2, 0) is 4.79 Å². The van der Waals surface area contributed by atoms with Gasteiger partial charge in [0.2, 0.25) is 5.91 Å². The van der Waals surface area contributed by atoms with Gasteiger partial charge in [0, 0.05) is 23.9 Å². The van der Waals surface area contributed by atoms with Crippen molar-refractivity contribution in [1.29, 1.82) is 0 Å². The summed E-state index contributed by atoms with van der Waals surface area (Å²) in [5.41, 5.74) is 8.07. The fourth-order valence-electron chi connectivity index (χ4n) is 2.49. The minimum absolute atomic E-state index is 0.111. The fourth-order valence-corrected chi connectivity index (χ4v) is 2.49. The molecule has 2 aliphatic rings. The molecule has 2 bridgehead atoms. The van der Waals surface area contributed by atoms with E-state index in [9.17, 15) is 4.79 Å². The normalized spacial score (nSPS) is 31.3. The summed E-state index contributed by atoms with van der Waals surface area (Å²) in [7, 11) is 0. The number of allylic oxidation sites excluding steroid dienone is 2. The minimum atomic E-state index is 0.111. The Morgan fingerprint density at radius 3 is 3.00 bits per heavy atom. The highest BCUT2D eigenvalue weighted by Crippen LogP contribution is 2.43. The Hall–Kier alpha value is -1.48. The molecular weight excluding hydrogens is 192 g/mol. The molecule has 15 heavy (non-hydrogen) atoms. The number of fused-ring (bicyclic) bond motifs is 2. The van der Waals surface area contributed by atoms with Gasteiger partial charge in [-0.05, 0) is 30.2 Å². The lowest BCUT2D eigenvalue weighted by molar-refractivity contribution is -0.125. The number of carbonyl (C=O) groups is 1. The van der Waals surface area contributed by atoms with Gasteiger partial charge >= 0.3 is 0 Å². The number of carbonyl (C=O) groups excluding carboxylic acids is 1. The molecule has 2 aliphatic carbocycles. The molecule has 0 aliphatic heterocycles. The maximum Gasteiger partial charge on any atom is 0.223 e. The lowest BCUT2D eigenvalue weighted by Crippen LogP contribution is -2.34. The van der Waals surface area contributed by atoms with E-state index in [0.717, 1.165) is 12.8 Å². The highest BCUT2D eigenvalue weighted by atomic mass is 16.1. The summed E-state index contributed by atoms with van der Waals surface area (Å²) >= 11 is 0. The van der Waals surface area contributed by atoms with E-state index in [4.69, 9.17) is 5.53 Å². The molecule has 3 unspecified atom stereocenters. The molecule has 0 aromatic heterocycles. The van der Waals surface area contributed by atoms with Crippen LogP contribution in [0.15, 0.2) is 17.3 Å². The summed E-state index contributed by atoms with van der Waals surface area (Å²) in [4.78, 5) is 14.3. The average molecular weight is 206 g/mol. The second-order valence-corrected chi connectivity index (χ2v) is 4.13. The Balaban J connectivity index is 1.77. The van der Waals surface area contributed by atoms with Crippen LogP contribution >= 0.6 is 0 Å². The number of hydrogen-bond acceptors (Lipinski definition) is 2. The molecule has 80 valence electrons. The molecule has 0 spiro atoms. The van der Waals surface area contributed by atoms with Crippen molar-refractivity contribution in [2.75, 3.05) is 13.1 Å². The zero-order valence-electron chi connectivity index (χ0n) is 8.47. The summed E-state index contributed by atoms with van der Waals surface area (Å²) in [6, 6.07) is 0. The summed E-state index contributed by atoms with van der Waals surface area (Å²) in [6.07, 6.45) is 6.49. The fraction of sp³-hybridized carbons (Fsp3) is 0.700. The smallest absolute Gasteiger partial charge is 0.223 e. The minimum Gasteiger partial charge on any atom is -0.356 e. The summed E-state index contributed by atoms with van der Waals surface area (Å²) < 4.78 is 0. The van der Waals surface area contributed by atoms with Crippen molar-refractivity contribution in [1.82, 2.24) is 5.32 Å². The second kappa shape index (κ2) is 4.36. The molecule has 2 rings (SSSR count). The van der Waals surface area contributed by atoms with Crippen LogP contribution in [0, 0.1) is 17.8 Å². The zero-order chi connectivity index (χ0) is 10.7. The van der Waals surface area contributed by atoms with Gasteiger partial charge in [-0.2, -0.15) is 0 Å². The number of rotatable bonds is 4. The van der Waals surface area contributed by atoms with Gasteiger partial charge in [0.25, 0.3) is 0 Å². The third kappa shape index (κ3) is 2.13. The third-order valence-corrected chi connectivity index (χ3v) is 3.19. The first-order chi connectivity index (χ1) is 7.31. The second-order valence-electron chi connectivity index (χ2n) is 4.13. The summed E-state index contributed by atoms with van der Waals surface area (Å²) in [6.45, 7) is 0.777. The van der Waals surface area contributed by atoms with Crippen LogP contribution in [0.25, 0.3) is 10.4 Å². The van der Waals surface area contributed by atoms with E-state index in [1.165, 1.54) is 0 Å². The van der Waals surface area contributed by atoms with Crippen LogP contribution in [0.5, 0.6) is 0 Å². The maximum atomic E-state index is 11.7. The standard InChI is InChI=1S/C10H14N4O/c11-14-13-4-3-12-10(15)9-6-7-1-2-8(9)5-7/h1-2,7-9H,3-6H2,(H,12,15). The van der Waals surface area contributed by atoms with Crippen LogP contribution in [0.3, 0.4) is 0 Å². The molecule has 1 fully saturated rings. The Labute approximate surface area is 88.2 Å². The lowest BCUT2D eigenvalue weighted by atomic mass is 9.93. The van der Waals surface area contributed by atoms with Gasteiger partial charge in [0.15, 0.2) is 0 Å². The van der Waals surface area contributed by atoms with Gasteiger partial charge in [-0.25, -0.2) is 0 Å². The van der Waals surface area contributed by atoms with E-state index in [0.29, 0.717) is 24.9 Å². The maximum absolute atomic E-state index is 11.7. The van der Waals surface area contributed by atoms with Gasteiger partial charge in [0.05, 0.1) is 0 Å². The van der Waals surface area contributed by atoms with Crippen molar-refractivity contribution >= 4 is 5.91 Å². The molecule has 3 atom stereocenters. The Morgan fingerprint density at radius 2 is 2.40 bits per heavy atom. The molecule has 0 saturated heterocycles. The zero-order valence-corrected chi connectivity index (χ0v) is 8.47. The van der Waals surface area contributed by atoms with Crippen LogP contribution in [0.2, 0.25) is 0 Å². The molecule has 1 saturated carbocycles. The van der Waals surface area contributed by atoms with Gasteiger partial charge in [0.1, 0.15) is 0 Å². The number of nitrogens with zero attached hydrogens (tertiary/aromatic N) is 3. The number of amides is 1. The van der Waals surface area contributed by atoms with Crippen molar-refractivity contribution < 1.29 is 4.79 Å². The van der Waals surface area contributed by atoms with E-state index < -0.39 is 0 Å². The first kappa shape index (κ1) is 10.1. The van der Waals surface area contributed by atoms with Crippen molar-refractivity contribution in [3.63, 3.8) is 0 Å². The van der Waals surface area contributed by atoms with Crippen LogP contribution < -0.4 is 5.32 Å². The molecule has 1 amide bonds. The predicted molar refractivity (Wildman–Crippen MR) is 55.9 cm³/mol. The van der Waals surface area contributed by atoms with Crippen LogP contribution in [0.1, 0.15) is 12.8 Å². The Kier molecular flexibility index (Phi) is 2.92. The summed E-state index contributed by atoms with van der Waals surface area (Å²) in [5, 5.41) is 6.18. The van der Waals surface area contributed by atoms with E-state index >= 15 is 0 Å². The number of azide groups is 1. The van der Waals surface area contributed by atoms with Gasteiger partial charge in [-0.1, -0.05) is 17.3 Å². The van der Waals surface area contributed by atoms with E-state index in [1.807, 2.05) is 0 Å². The van der Waals surface area contributed by atoms with Crippen molar-refractivity contribution in [3.8, 4) is 0 Å². The van der Waals surface area contributed by atoms with E-state index in [2.05, 4.69) is 27.5 Å². The van der Waals surface area contributed by atoms with Crippen molar-refractivity contribution in [2.45, 2.75) is 12.8 Å². The number of nitrogens with one attached hydrogen (secondary N) is 1. The quantitative estimate of drug-likeness (QED) is 0.245. The average Bonchev–Trinajstić information content (AvgIpc) is 2.85. The monoisotopic (exact) mass is 206 g/mol. The Bertz CT molecular complexity index is 332. The molecule has 0 aromatic carbocycles. The lowest BCUT2D eigenvalue weighted by Gasteiger charge is -2.16. The first-order valence-electron chi connectivity index (χ1n) is 5.28. The predicted octanol–water partition coefficient (Wildman–Crippen LogP) is 1.63. The Morgan fingerprint density at radius 1 is 1.53 bits per heavy atom. The van der Waals surface area contributed by atoms with Gasteiger partial charge in [-0.15, -0.1) is 0 Å². The van der Waals surface area contributed by atoms with Crippen molar-refractivity contribution in [2.24, 2.45) is 22.9 Å². The molecular formula is C10H14N4O. The number of hydrogen-bond donors (Lipinski definition) is 1. The molecule has 5 heteroatoms.